The van der Waals surface area contributed by atoms with Gasteiger partial charge in [0.2, 0.25) is 11.8 Å². The maximum atomic E-state index is 13.6. The number of benzene rings is 2. The second-order valence-electron chi connectivity index (χ2n) is 9.06. The third-order valence-electron chi connectivity index (χ3n) is 6.65. The van der Waals surface area contributed by atoms with E-state index >= 15 is 0 Å². The van der Waals surface area contributed by atoms with Gasteiger partial charge in [0.25, 0.3) is 5.56 Å². The van der Waals surface area contributed by atoms with Crippen molar-refractivity contribution in [3.05, 3.63) is 82.0 Å². The molecular weight excluding hydrogens is 461 g/mol. The Balaban J connectivity index is 1.70. The van der Waals surface area contributed by atoms with Crippen molar-refractivity contribution < 1.29 is 14.0 Å². The molecule has 1 aliphatic rings. The van der Waals surface area contributed by atoms with Crippen molar-refractivity contribution >= 4 is 17.5 Å². The average Bonchev–Trinajstić information content (AvgIpc) is 2.89. The first-order valence-corrected chi connectivity index (χ1v) is 12.0. The molecule has 0 fully saturated rings. The normalized spacial score (nSPS) is 15.9. The molecule has 0 aliphatic heterocycles. The van der Waals surface area contributed by atoms with Crippen molar-refractivity contribution in [3.8, 4) is 11.4 Å². The second kappa shape index (κ2) is 10.9. The number of anilines is 1. The zero-order valence-corrected chi connectivity index (χ0v) is 20.6. The molecule has 0 spiro atoms. The Morgan fingerprint density at radius 2 is 1.92 bits per heavy atom. The zero-order valence-electron chi connectivity index (χ0n) is 20.6. The number of amides is 1. The Hall–Kier alpha value is -3.69. The number of hydrogen-bond donors (Lipinski definition) is 2. The monoisotopic (exact) mass is 491 g/mol. The number of carbonyl (C=O) groups is 2. The highest BCUT2D eigenvalue weighted by Crippen LogP contribution is 2.33. The number of aryl methyl sites for hydroxylation is 1. The summed E-state index contributed by atoms with van der Waals surface area (Å²) in [6.07, 6.45) is 4.13. The van der Waals surface area contributed by atoms with Crippen LogP contribution < -0.4 is 16.2 Å². The van der Waals surface area contributed by atoms with Crippen LogP contribution in [0.3, 0.4) is 0 Å². The van der Waals surface area contributed by atoms with Gasteiger partial charge in [0, 0.05) is 11.6 Å². The lowest BCUT2D eigenvalue weighted by atomic mass is 9.87. The fourth-order valence-electron chi connectivity index (χ4n) is 4.53. The van der Waals surface area contributed by atoms with E-state index < -0.39 is 29.2 Å². The molecular formula is C27H30FN5O3. The van der Waals surface area contributed by atoms with Crippen LogP contribution in [0.15, 0.2) is 59.5 Å². The highest BCUT2D eigenvalue weighted by atomic mass is 19.1. The summed E-state index contributed by atoms with van der Waals surface area (Å²) in [4.78, 5) is 45.7. The van der Waals surface area contributed by atoms with Gasteiger partial charge in [0.1, 0.15) is 17.3 Å². The summed E-state index contributed by atoms with van der Waals surface area (Å²) in [7, 11) is 3.49. The summed E-state index contributed by atoms with van der Waals surface area (Å²) in [6, 6.07) is 13.1. The second-order valence-corrected chi connectivity index (χ2v) is 9.06. The molecule has 2 N–H and O–H groups in total. The lowest BCUT2D eigenvalue weighted by molar-refractivity contribution is -0.117. The average molecular weight is 492 g/mol. The highest BCUT2D eigenvalue weighted by molar-refractivity contribution is 5.95. The first-order valence-electron chi connectivity index (χ1n) is 12.0. The molecule has 0 bridgehead atoms. The lowest BCUT2D eigenvalue weighted by Gasteiger charge is -2.33. The van der Waals surface area contributed by atoms with Gasteiger partial charge in [-0.05, 0) is 75.7 Å². The molecule has 0 saturated heterocycles. The smallest absolute Gasteiger partial charge is 0.284 e. The van der Waals surface area contributed by atoms with Gasteiger partial charge in [-0.15, -0.1) is 0 Å². The lowest BCUT2D eigenvalue weighted by Crippen LogP contribution is -2.41. The summed E-state index contributed by atoms with van der Waals surface area (Å²) < 4.78 is 14.5. The predicted octanol–water partition coefficient (Wildman–Crippen LogP) is 3.25. The van der Waals surface area contributed by atoms with Gasteiger partial charge in [-0.3, -0.25) is 19.3 Å². The zero-order chi connectivity index (χ0) is 25.8. The Labute approximate surface area is 209 Å². The molecule has 1 unspecified atom stereocenters. The molecule has 188 valence electrons. The molecule has 4 rings (SSSR count). The Morgan fingerprint density at radius 1 is 1.19 bits per heavy atom. The van der Waals surface area contributed by atoms with Crippen LogP contribution in [0.2, 0.25) is 0 Å². The van der Waals surface area contributed by atoms with E-state index in [2.05, 4.69) is 27.8 Å². The summed E-state index contributed by atoms with van der Waals surface area (Å²) in [5.74, 6) is -1.28. The largest absolute Gasteiger partial charge is 0.319 e. The van der Waals surface area contributed by atoms with Gasteiger partial charge in [-0.1, -0.05) is 24.3 Å². The van der Waals surface area contributed by atoms with E-state index in [1.165, 1.54) is 41.6 Å². The Kier molecular flexibility index (Phi) is 7.71. The molecule has 9 heteroatoms. The number of halogens is 1. The molecule has 0 saturated carbocycles. The molecule has 2 aromatic carbocycles. The van der Waals surface area contributed by atoms with Crippen molar-refractivity contribution in [1.82, 2.24) is 19.8 Å². The van der Waals surface area contributed by atoms with Crippen LogP contribution in [0.5, 0.6) is 0 Å². The van der Waals surface area contributed by atoms with E-state index in [0.717, 1.165) is 23.8 Å². The van der Waals surface area contributed by atoms with Crippen molar-refractivity contribution in [2.75, 3.05) is 26.0 Å². The molecule has 1 aliphatic carbocycles. The molecule has 0 radical (unpaired) electrons. The molecule has 3 aromatic rings. The first kappa shape index (κ1) is 25.4. The third kappa shape index (κ3) is 5.27. The standard InChI is InChI=1S/C27H30FN5O3/c1-17(29-2)26(35)31-22-15-30-25(19-11-13-20(28)14-12-19)33(27(22)36)24(34)16-32(3)23-10-6-8-18-7-4-5-9-21(18)23/h4-5,7,9,11-15,17,23,29H,6,8,10,16H2,1-3H3,(H,31,35)/t17-,23?/m0/s1. The number of carbonyl (C=O) groups excluding carboxylic acids is 2. The summed E-state index contributed by atoms with van der Waals surface area (Å²) >= 11 is 0. The molecule has 1 amide bonds. The summed E-state index contributed by atoms with van der Waals surface area (Å²) in [6.45, 7) is 1.61. The number of fused-ring (bicyclic) bond motifs is 1. The Bertz CT molecular complexity index is 1320. The van der Waals surface area contributed by atoms with E-state index in [4.69, 9.17) is 0 Å². The van der Waals surface area contributed by atoms with Crippen molar-refractivity contribution in [2.24, 2.45) is 0 Å². The van der Waals surface area contributed by atoms with E-state index in [1.807, 2.05) is 24.1 Å². The third-order valence-corrected chi connectivity index (χ3v) is 6.65. The fraction of sp³-hybridized carbons (Fsp3) is 0.333. The minimum absolute atomic E-state index is 0.0381. The number of aromatic nitrogens is 2. The predicted molar refractivity (Wildman–Crippen MR) is 136 cm³/mol. The van der Waals surface area contributed by atoms with E-state index in [-0.39, 0.29) is 24.1 Å². The number of rotatable bonds is 7. The van der Waals surface area contributed by atoms with Crippen molar-refractivity contribution in [3.63, 3.8) is 0 Å². The summed E-state index contributed by atoms with van der Waals surface area (Å²) in [5.41, 5.74) is 2.07. The molecule has 36 heavy (non-hydrogen) atoms. The van der Waals surface area contributed by atoms with Gasteiger partial charge >= 0.3 is 0 Å². The van der Waals surface area contributed by atoms with Crippen LogP contribution in [-0.4, -0.2) is 52.9 Å². The molecule has 1 heterocycles. The van der Waals surface area contributed by atoms with Crippen LogP contribution in [0.4, 0.5) is 10.1 Å². The van der Waals surface area contributed by atoms with E-state index in [1.54, 1.807) is 14.0 Å². The number of hydrogen-bond acceptors (Lipinski definition) is 6. The minimum atomic E-state index is -0.691. The SMILES string of the molecule is CN[C@@H](C)C(=O)Nc1cnc(-c2ccc(F)cc2)n(C(=O)CN(C)C2CCCc3ccccc32)c1=O. The van der Waals surface area contributed by atoms with Crippen LogP contribution >= 0.6 is 0 Å². The Morgan fingerprint density at radius 3 is 2.64 bits per heavy atom. The van der Waals surface area contributed by atoms with Crippen molar-refractivity contribution in [1.29, 1.82) is 0 Å². The molecule has 2 atom stereocenters. The van der Waals surface area contributed by atoms with Gasteiger partial charge in [-0.2, -0.15) is 0 Å². The minimum Gasteiger partial charge on any atom is -0.319 e. The number of nitrogens with one attached hydrogen (secondary N) is 2. The maximum absolute atomic E-state index is 13.6. The van der Waals surface area contributed by atoms with E-state index in [0.29, 0.717) is 5.56 Å². The van der Waals surface area contributed by atoms with Crippen LogP contribution in [0.1, 0.15) is 41.7 Å². The molecule has 8 nitrogen and oxygen atoms in total. The van der Waals surface area contributed by atoms with Gasteiger partial charge < -0.3 is 10.6 Å². The maximum Gasteiger partial charge on any atom is 0.284 e. The fourth-order valence-corrected chi connectivity index (χ4v) is 4.53. The first-order chi connectivity index (χ1) is 17.3. The van der Waals surface area contributed by atoms with Crippen molar-refractivity contribution in [2.45, 2.75) is 38.3 Å². The summed E-state index contributed by atoms with van der Waals surface area (Å²) in [5, 5.41) is 5.36. The van der Waals surface area contributed by atoms with Gasteiger partial charge in [-0.25, -0.2) is 13.9 Å². The molecule has 1 aromatic heterocycles. The highest BCUT2D eigenvalue weighted by Gasteiger charge is 2.27. The van der Waals surface area contributed by atoms with Gasteiger partial charge in [0.05, 0.1) is 18.8 Å². The number of likely N-dealkylation sites (N-methyl/N-ethyl adjacent to an activating group) is 2. The quantitative estimate of drug-likeness (QED) is 0.527. The van der Waals surface area contributed by atoms with Crippen LogP contribution in [0.25, 0.3) is 11.4 Å². The van der Waals surface area contributed by atoms with Crippen LogP contribution in [-0.2, 0) is 11.2 Å². The topological polar surface area (TPSA) is 96.3 Å². The number of nitrogens with zero attached hydrogens (tertiary/aromatic N) is 3. The van der Waals surface area contributed by atoms with E-state index in [9.17, 15) is 18.8 Å². The van der Waals surface area contributed by atoms with Gasteiger partial charge in [0.15, 0.2) is 0 Å². The van der Waals surface area contributed by atoms with Crippen LogP contribution in [0, 0.1) is 5.82 Å².